The molecule has 0 bridgehead atoms. The number of nitrogens with zero attached hydrogens (tertiary/aromatic N) is 1. The lowest BCUT2D eigenvalue weighted by molar-refractivity contribution is 0.0932. The Balaban J connectivity index is 1.78. The minimum atomic E-state index is -0.115. The normalized spacial score (nSPS) is 17.6. The Morgan fingerprint density at radius 2 is 2.24 bits per heavy atom. The summed E-state index contributed by atoms with van der Waals surface area (Å²) >= 11 is 6.32. The van der Waals surface area contributed by atoms with Crippen LogP contribution in [0.1, 0.15) is 23.2 Å². The molecule has 25 heavy (non-hydrogen) atoms. The fourth-order valence-electron chi connectivity index (χ4n) is 3.19. The summed E-state index contributed by atoms with van der Waals surface area (Å²) in [5.41, 5.74) is 1.76. The van der Waals surface area contributed by atoms with Gasteiger partial charge < -0.3 is 15.1 Å². The lowest BCUT2D eigenvalue weighted by atomic mass is 10.0. The number of carbonyl (C=O) groups excluding carboxylic acids is 1. The number of para-hydroxylation sites is 1. The van der Waals surface area contributed by atoms with Gasteiger partial charge in [-0.3, -0.25) is 4.79 Å². The maximum Gasteiger partial charge on any atom is 0.252 e. The van der Waals surface area contributed by atoms with Crippen molar-refractivity contribution in [2.75, 3.05) is 13.1 Å². The number of piperidine rings is 1. The molecular weight excluding hydrogens is 338 g/mol. The van der Waals surface area contributed by atoms with Crippen LogP contribution in [0.3, 0.4) is 0 Å². The van der Waals surface area contributed by atoms with E-state index in [9.17, 15) is 4.79 Å². The topological polar surface area (TPSA) is 67.2 Å². The minimum absolute atomic E-state index is 0.115. The number of fused-ring (bicyclic) bond motifs is 1. The summed E-state index contributed by atoms with van der Waals surface area (Å²) in [6.07, 6.45) is 3.63. The lowest BCUT2D eigenvalue weighted by Crippen LogP contribution is -2.45. The van der Waals surface area contributed by atoms with Crippen LogP contribution >= 0.6 is 11.6 Å². The van der Waals surface area contributed by atoms with Gasteiger partial charge in [0.15, 0.2) is 5.76 Å². The van der Waals surface area contributed by atoms with Crippen LogP contribution in [-0.4, -0.2) is 30.0 Å². The van der Waals surface area contributed by atoms with Crippen molar-refractivity contribution in [3.8, 4) is 11.5 Å². The summed E-state index contributed by atoms with van der Waals surface area (Å²) in [7, 11) is 0. The summed E-state index contributed by atoms with van der Waals surface area (Å²) in [4.78, 5) is 17.5. The van der Waals surface area contributed by atoms with Crippen molar-refractivity contribution in [3.63, 3.8) is 0 Å². The molecule has 3 heterocycles. The Morgan fingerprint density at radius 3 is 3.00 bits per heavy atom. The van der Waals surface area contributed by atoms with Gasteiger partial charge in [0.2, 0.25) is 0 Å². The van der Waals surface area contributed by atoms with E-state index in [4.69, 9.17) is 16.0 Å². The van der Waals surface area contributed by atoms with Crippen LogP contribution in [-0.2, 0) is 0 Å². The molecule has 2 aromatic heterocycles. The summed E-state index contributed by atoms with van der Waals surface area (Å²) < 4.78 is 5.45. The van der Waals surface area contributed by atoms with Crippen LogP contribution in [0.5, 0.6) is 0 Å². The van der Waals surface area contributed by atoms with E-state index in [-0.39, 0.29) is 11.9 Å². The highest BCUT2D eigenvalue weighted by molar-refractivity contribution is 6.35. The molecule has 128 valence electrons. The monoisotopic (exact) mass is 355 g/mol. The number of hydrogen-bond donors (Lipinski definition) is 2. The van der Waals surface area contributed by atoms with E-state index in [0.717, 1.165) is 31.3 Å². The third kappa shape index (κ3) is 3.25. The van der Waals surface area contributed by atoms with Crippen molar-refractivity contribution in [3.05, 3.63) is 53.2 Å². The highest BCUT2D eigenvalue weighted by Gasteiger charge is 2.20. The Hall–Kier alpha value is -2.37. The first-order valence-electron chi connectivity index (χ1n) is 8.37. The van der Waals surface area contributed by atoms with Crippen molar-refractivity contribution in [1.29, 1.82) is 0 Å². The summed E-state index contributed by atoms with van der Waals surface area (Å²) in [5.74, 6) is 0.492. The molecule has 3 aromatic rings. The van der Waals surface area contributed by atoms with E-state index < -0.39 is 0 Å². The number of halogens is 1. The molecule has 1 fully saturated rings. The van der Waals surface area contributed by atoms with Gasteiger partial charge in [-0.15, -0.1) is 0 Å². The molecule has 0 saturated carbocycles. The second kappa shape index (κ2) is 6.86. The van der Waals surface area contributed by atoms with E-state index in [2.05, 4.69) is 15.6 Å². The SMILES string of the molecule is O=C(NC1CCCNC1)c1cc(-c2ccco2)nc2c(Cl)cccc12. The number of nitrogens with one attached hydrogen (secondary N) is 2. The van der Waals surface area contributed by atoms with E-state index in [1.54, 1.807) is 24.5 Å². The molecule has 0 radical (unpaired) electrons. The smallest absolute Gasteiger partial charge is 0.252 e. The summed E-state index contributed by atoms with van der Waals surface area (Å²) in [5, 5.41) is 7.68. The van der Waals surface area contributed by atoms with Gasteiger partial charge in [-0.25, -0.2) is 4.98 Å². The third-order valence-electron chi connectivity index (χ3n) is 4.44. The molecule has 0 aliphatic carbocycles. The number of rotatable bonds is 3. The molecule has 0 spiro atoms. The summed E-state index contributed by atoms with van der Waals surface area (Å²) in [6.45, 7) is 1.80. The predicted octanol–water partition coefficient (Wildman–Crippen LogP) is 3.63. The number of amides is 1. The number of carbonyl (C=O) groups is 1. The molecule has 1 amide bonds. The van der Waals surface area contributed by atoms with Crippen molar-refractivity contribution in [1.82, 2.24) is 15.6 Å². The van der Waals surface area contributed by atoms with Gasteiger partial charge >= 0.3 is 0 Å². The van der Waals surface area contributed by atoms with Crippen LogP contribution in [0.2, 0.25) is 5.02 Å². The van der Waals surface area contributed by atoms with Gasteiger partial charge in [0, 0.05) is 18.0 Å². The van der Waals surface area contributed by atoms with E-state index in [0.29, 0.717) is 27.6 Å². The number of benzene rings is 1. The van der Waals surface area contributed by atoms with E-state index in [1.165, 1.54) is 0 Å². The summed E-state index contributed by atoms with van der Waals surface area (Å²) in [6, 6.07) is 11.0. The van der Waals surface area contributed by atoms with Crippen LogP contribution in [0.15, 0.2) is 47.1 Å². The van der Waals surface area contributed by atoms with Crippen molar-refractivity contribution in [2.24, 2.45) is 0 Å². The fourth-order valence-corrected chi connectivity index (χ4v) is 3.41. The van der Waals surface area contributed by atoms with Crippen molar-refractivity contribution < 1.29 is 9.21 Å². The number of hydrogen-bond acceptors (Lipinski definition) is 4. The number of pyridine rings is 1. The molecule has 1 aliphatic heterocycles. The first-order chi connectivity index (χ1) is 12.2. The Labute approximate surface area is 150 Å². The average Bonchev–Trinajstić information content (AvgIpc) is 3.17. The molecule has 2 N–H and O–H groups in total. The molecule has 5 nitrogen and oxygen atoms in total. The Kier molecular flexibility index (Phi) is 4.42. The molecule has 1 saturated heterocycles. The zero-order valence-electron chi connectivity index (χ0n) is 13.6. The lowest BCUT2D eigenvalue weighted by Gasteiger charge is -2.24. The first-order valence-corrected chi connectivity index (χ1v) is 8.75. The minimum Gasteiger partial charge on any atom is -0.463 e. The number of furan rings is 1. The average molecular weight is 356 g/mol. The second-order valence-corrected chi connectivity index (χ2v) is 6.59. The van der Waals surface area contributed by atoms with E-state index >= 15 is 0 Å². The second-order valence-electron chi connectivity index (χ2n) is 6.19. The maximum absolute atomic E-state index is 12.9. The van der Waals surface area contributed by atoms with Gasteiger partial charge in [0.05, 0.1) is 22.4 Å². The molecular formula is C19H18ClN3O2. The molecule has 6 heteroatoms. The first kappa shape index (κ1) is 16.1. The van der Waals surface area contributed by atoms with Crippen LogP contribution in [0, 0.1) is 0 Å². The standard InChI is InChI=1S/C19H18ClN3O2/c20-15-6-1-5-13-14(19(24)22-12-4-2-8-21-11-12)10-16(23-18(13)15)17-7-3-9-25-17/h1,3,5-7,9-10,12,21H,2,4,8,11H2,(H,22,24). The Morgan fingerprint density at radius 1 is 1.32 bits per heavy atom. The maximum atomic E-state index is 12.9. The fraction of sp³-hybridized carbons (Fsp3) is 0.263. The zero-order valence-corrected chi connectivity index (χ0v) is 14.3. The number of aromatic nitrogens is 1. The van der Waals surface area contributed by atoms with Crippen molar-refractivity contribution >= 4 is 28.4 Å². The predicted molar refractivity (Wildman–Crippen MR) is 97.8 cm³/mol. The highest BCUT2D eigenvalue weighted by Crippen LogP contribution is 2.29. The molecule has 1 unspecified atom stereocenters. The van der Waals surface area contributed by atoms with Crippen LogP contribution in [0.25, 0.3) is 22.4 Å². The molecule has 1 atom stereocenters. The van der Waals surface area contributed by atoms with Crippen LogP contribution in [0.4, 0.5) is 0 Å². The van der Waals surface area contributed by atoms with Gasteiger partial charge in [-0.1, -0.05) is 23.7 Å². The quantitative estimate of drug-likeness (QED) is 0.752. The highest BCUT2D eigenvalue weighted by atomic mass is 35.5. The largest absolute Gasteiger partial charge is 0.463 e. The van der Waals surface area contributed by atoms with E-state index in [1.807, 2.05) is 18.2 Å². The van der Waals surface area contributed by atoms with Gasteiger partial charge in [-0.05, 0) is 43.7 Å². The van der Waals surface area contributed by atoms with Crippen molar-refractivity contribution in [2.45, 2.75) is 18.9 Å². The Bertz CT molecular complexity index is 902. The molecule has 1 aliphatic rings. The molecule has 1 aromatic carbocycles. The van der Waals surface area contributed by atoms with Gasteiger partial charge in [-0.2, -0.15) is 0 Å². The van der Waals surface area contributed by atoms with Crippen LogP contribution < -0.4 is 10.6 Å². The van der Waals surface area contributed by atoms with Gasteiger partial charge in [0.25, 0.3) is 5.91 Å². The third-order valence-corrected chi connectivity index (χ3v) is 4.75. The van der Waals surface area contributed by atoms with Gasteiger partial charge in [0.1, 0.15) is 5.69 Å². The molecule has 4 rings (SSSR count). The zero-order chi connectivity index (χ0) is 17.2.